The van der Waals surface area contributed by atoms with Crippen LogP contribution in [0.2, 0.25) is 0 Å². The molecular formula is C31H38N6O5S. The molecule has 11 nitrogen and oxygen atoms in total. The van der Waals surface area contributed by atoms with Crippen LogP contribution in [0.5, 0.6) is 0 Å². The average Bonchev–Trinajstić information content (AvgIpc) is 3.58. The Morgan fingerprint density at radius 2 is 1.26 bits per heavy atom. The average molecular weight is 607 g/mol. The predicted molar refractivity (Wildman–Crippen MR) is 169 cm³/mol. The maximum absolute atomic E-state index is 13.4. The standard InChI is InChI=1S/C31H38N6O5S/c1-17(2)11-26(31(41)42)36-29(39)25(13-19-15-34-24-10-6-4-8-21(19)24)35-30(40)27(16-43)37-28(38)22(32)12-18-14-33-23-9-5-3-7-20(18)23/h3-10,14-15,17,22,25-27,33-34,43H,11-13,16,32H2,1-2H3,(H,35,40)(H,36,39)(H,37,38)(H,41,42). The molecule has 4 rings (SSSR count). The van der Waals surface area contributed by atoms with Gasteiger partial charge in [-0.25, -0.2) is 4.79 Å². The highest BCUT2D eigenvalue weighted by molar-refractivity contribution is 7.80. The van der Waals surface area contributed by atoms with E-state index in [0.717, 1.165) is 32.9 Å². The number of carboxylic acid groups (broad SMARTS) is 1. The lowest BCUT2D eigenvalue weighted by molar-refractivity contribution is -0.142. The SMILES string of the molecule is CC(C)CC(NC(=O)C(Cc1c[nH]c2ccccc12)NC(=O)C(CS)NC(=O)C(N)Cc1c[nH]c2ccccc12)C(=O)O. The molecule has 4 unspecified atom stereocenters. The van der Waals surface area contributed by atoms with Crippen LogP contribution < -0.4 is 21.7 Å². The van der Waals surface area contributed by atoms with E-state index in [1.807, 2.05) is 62.4 Å². The lowest BCUT2D eigenvalue weighted by Crippen LogP contribution is -2.58. The van der Waals surface area contributed by atoms with Crippen LogP contribution >= 0.6 is 12.6 Å². The second-order valence-electron chi connectivity index (χ2n) is 11.1. The molecule has 228 valence electrons. The van der Waals surface area contributed by atoms with Gasteiger partial charge in [-0.2, -0.15) is 12.6 Å². The first-order chi connectivity index (χ1) is 20.6. The van der Waals surface area contributed by atoms with Crippen LogP contribution in [-0.2, 0) is 32.0 Å². The molecule has 4 atom stereocenters. The van der Waals surface area contributed by atoms with Gasteiger partial charge in [0.1, 0.15) is 18.1 Å². The molecule has 0 bridgehead atoms. The number of benzene rings is 2. The third-order valence-corrected chi connectivity index (χ3v) is 7.69. The summed E-state index contributed by atoms with van der Waals surface area (Å²) >= 11 is 4.26. The van der Waals surface area contributed by atoms with Gasteiger partial charge in [0, 0.05) is 46.4 Å². The molecule has 8 N–H and O–H groups in total. The van der Waals surface area contributed by atoms with Gasteiger partial charge in [0.15, 0.2) is 0 Å². The first kappa shape index (κ1) is 31.6. The number of carboxylic acids is 1. The highest BCUT2D eigenvalue weighted by Gasteiger charge is 2.31. The minimum Gasteiger partial charge on any atom is -0.480 e. The third-order valence-electron chi connectivity index (χ3n) is 7.32. The second-order valence-corrected chi connectivity index (χ2v) is 11.4. The summed E-state index contributed by atoms with van der Waals surface area (Å²) in [7, 11) is 0. The number of thiol groups is 1. The smallest absolute Gasteiger partial charge is 0.326 e. The number of nitrogens with two attached hydrogens (primary N) is 1. The van der Waals surface area contributed by atoms with Crippen LogP contribution in [0.15, 0.2) is 60.9 Å². The van der Waals surface area contributed by atoms with E-state index in [9.17, 15) is 24.3 Å². The first-order valence-electron chi connectivity index (χ1n) is 14.2. The van der Waals surface area contributed by atoms with E-state index in [-0.39, 0.29) is 30.9 Å². The molecule has 43 heavy (non-hydrogen) atoms. The van der Waals surface area contributed by atoms with Crippen LogP contribution in [0.3, 0.4) is 0 Å². The molecule has 0 radical (unpaired) electrons. The van der Waals surface area contributed by atoms with Crippen LogP contribution in [0, 0.1) is 5.92 Å². The van der Waals surface area contributed by atoms with Gasteiger partial charge in [-0.1, -0.05) is 50.2 Å². The van der Waals surface area contributed by atoms with E-state index in [4.69, 9.17) is 5.73 Å². The van der Waals surface area contributed by atoms with Gasteiger partial charge in [-0.05, 0) is 42.0 Å². The zero-order valence-electron chi connectivity index (χ0n) is 24.1. The number of fused-ring (bicyclic) bond motifs is 2. The first-order valence-corrected chi connectivity index (χ1v) is 14.8. The largest absolute Gasteiger partial charge is 0.480 e. The van der Waals surface area contributed by atoms with Crippen LogP contribution in [0.25, 0.3) is 21.8 Å². The molecule has 0 spiro atoms. The summed E-state index contributed by atoms with van der Waals surface area (Å²) < 4.78 is 0. The Labute approximate surface area is 254 Å². The van der Waals surface area contributed by atoms with Crippen molar-refractivity contribution >= 4 is 58.1 Å². The molecule has 12 heteroatoms. The number of nitrogens with one attached hydrogen (secondary N) is 5. The maximum atomic E-state index is 13.4. The fourth-order valence-corrected chi connectivity index (χ4v) is 5.33. The summed E-state index contributed by atoms with van der Waals surface area (Å²) in [6, 6.07) is 10.9. The monoisotopic (exact) mass is 606 g/mol. The fraction of sp³-hybridized carbons (Fsp3) is 0.355. The molecule has 0 aliphatic carbocycles. The molecule has 0 saturated heterocycles. The molecule has 3 amide bonds. The van der Waals surface area contributed by atoms with Crippen molar-refractivity contribution in [3.63, 3.8) is 0 Å². The second kappa shape index (κ2) is 14.3. The quantitative estimate of drug-likeness (QED) is 0.102. The van der Waals surface area contributed by atoms with Gasteiger partial charge in [-0.3, -0.25) is 14.4 Å². The van der Waals surface area contributed by atoms with E-state index in [2.05, 4.69) is 38.5 Å². The molecule has 0 aliphatic heterocycles. The number of aliphatic carboxylic acids is 1. The molecule has 0 aliphatic rings. The Hall–Kier alpha value is -4.29. The van der Waals surface area contributed by atoms with Crippen LogP contribution in [0.4, 0.5) is 0 Å². The van der Waals surface area contributed by atoms with Crippen molar-refractivity contribution in [1.82, 2.24) is 25.9 Å². The Morgan fingerprint density at radius 1 is 0.767 bits per heavy atom. The topological polar surface area (TPSA) is 182 Å². The number of H-pyrrole nitrogens is 2. The van der Waals surface area contributed by atoms with Crippen molar-refractivity contribution < 1.29 is 24.3 Å². The number of rotatable bonds is 14. The summed E-state index contributed by atoms with van der Waals surface area (Å²) in [4.78, 5) is 58.0. The number of para-hydroxylation sites is 2. The van der Waals surface area contributed by atoms with Gasteiger partial charge in [0.05, 0.1) is 6.04 Å². The number of carbonyl (C=O) groups excluding carboxylic acids is 3. The molecule has 2 aromatic carbocycles. The van der Waals surface area contributed by atoms with Gasteiger partial charge in [0.25, 0.3) is 0 Å². The summed E-state index contributed by atoms with van der Waals surface area (Å²) in [6.07, 6.45) is 4.11. The number of carbonyl (C=O) groups is 4. The summed E-state index contributed by atoms with van der Waals surface area (Å²) in [6.45, 7) is 3.72. The van der Waals surface area contributed by atoms with Crippen LogP contribution in [-0.4, -0.2) is 68.7 Å². The third kappa shape index (κ3) is 7.96. The maximum Gasteiger partial charge on any atom is 0.326 e. The lowest BCUT2D eigenvalue weighted by atomic mass is 10.0. The lowest BCUT2D eigenvalue weighted by Gasteiger charge is -2.25. The van der Waals surface area contributed by atoms with E-state index < -0.39 is 47.9 Å². The Balaban J connectivity index is 1.48. The van der Waals surface area contributed by atoms with Crippen molar-refractivity contribution in [3.05, 3.63) is 72.1 Å². The summed E-state index contributed by atoms with van der Waals surface area (Å²) in [5, 5.41) is 19.4. The minimum atomic E-state index is -1.16. The number of hydrogen-bond acceptors (Lipinski definition) is 6. The zero-order valence-corrected chi connectivity index (χ0v) is 25.0. The van der Waals surface area contributed by atoms with Gasteiger partial charge in [-0.15, -0.1) is 0 Å². The van der Waals surface area contributed by atoms with Gasteiger partial charge >= 0.3 is 5.97 Å². The van der Waals surface area contributed by atoms with E-state index in [0.29, 0.717) is 0 Å². The Bertz CT molecular complexity index is 1600. The number of aromatic amines is 2. The molecule has 2 aromatic heterocycles. The molecular weight excluding hydrogens is 568 g/mol. The highest BCUT2D eigenvalue weighted by atomic mass is 32.1. The molecule has 4 aromatic rings. The summed E-state index contributed by atoms with van der Waals surface area (Å²) in [5.74, 6) is -3.03. The van der Waals surface area contributed by atoms with Crippen molar-refractivity contribution in [3.8, 4) is 0 Å². The highest BCUT2D eigenvalue weighted by Crippen LogP contribution is 2.20. The van der Waals surface area contributed by atoms with E-state index in [1.54, 1.807) is 12.4 Å². The number of aromatic nitrogens is 2. The Kier molecular flexibility index (Phi) is 10.5. The van der Waals surface area contributed by atoms with Crippen molar-refractivity contribution in [2.24, 2.45) is 11.7 Å². The van der Waals surface area contributed by atoms with E-state index in [1.165, 1.54) is 0 Å². The predicted octanol–water partition coefficient (Wildman–Crippen LogP) is 2.28. The van der Waals surface area contributed by atoms with Crippen molar-refractivity contribution in [2.75, 3.05) is 5.75 Å². The normalized spacial score (nSPS) is 14.3. The number of hydrogen-bond donors (Lipinski definition) is 8. The van der Waals surface area contributed by atoms with Gasteiger partial charge in [0.2, 0.25) is 17.7 Å². The van der Waals surface area contributed by atoms with Gasteiger partial charge < -0.3 is 36.8 Å². The molecule has 0 saturated carbocycles. The van der Waals surface area contributed by atoms with Crippen molar-refractivity contribution in [2.45, 2.75) is 57.3 Å². The molecule has 0 fully saturated rings. The molecule has 2 heterocycles. The minimum absolute atomic E-state index is 0.0142. The van der Waals surface area contributed by atoms with Crippen molar-refractivity contribution in [1.29, 1.82) is 0 Å². The number of amides is 3. The summed E-state index contributed by atoms with van der Waals surface area (Å²) in [5.41, 5.74) is 9.63. The van der Waals surface area contributed by atoms with Crippen LogP contribution in [0.1, 0.15) is 31.4 Å². The zero-order chi connectivity index (χ0) is 31.1. The fourth-order valence-electron chi connectivity index (χ4n) is 5.07. The van der Waals surface area contributed by atoms with E-state index >= 15 is 0 Å². The Morgan fingerprint density at radius 3 is 1.79 bits per heavy atom.